The number of carbonyl (C=O) groups is 1. The minimum Gasteiger partial charge on any atom is -0.493 e. The van der Waals surface area contributed by atoms with Crippen molar-refractivity contribution in [2.45, 2.75) is 6.61 Å². The molecule has 0 aliphatic heterocycles. The molecular weight excluding hydrogens is 471 g/mol. The molecule has 0 saturated carbocycles. The Labute approximate surface area is 200 Å². The fraction of sp³-hybridized carbons (Fsp3) is 0.0833. The van der Waals surface area contributed by atoms with Crippen LogP contribution in [0.4, 0.5) is 5.69 Å². The summed E-state index contributed by atoms with van der Waals surface area (Å²) in [6.07, 6.45) is 1.41. The van der Waals surface area contributed by atoms with Crippen LogP contribution < -0.4 is 14.8 Å². The predicted octanol–water partition coefficient (Wildman–Crippen LogP) is 6.78. The number of hydrogen-bond acceptors (Lipinski definition) is 4. The first-order chi connectivity index (χ1) is 15.4. The molecule has 0 heterocycles. The summed E-state index contributed by atoms with van der Waals surface area (Å²) < 4.78 is 11.4. The van der Waals surface area contributed by atoms with Gasteiger partial charge in [-0.3, -0.25) is 4.79 Å². The summed E-state index contributed by atoms with van der Waals surface area (Å²) in [6, 6.07) is 19.0. The van der Waals surface area contributed by atoms with Crippen LogP contribution in [0.15, 0.2) is 66.2 Å². The highest BCUT2D eigenvalue weighted by atomic mass is 35.5. The number of ether oxygens (including phenoxy) is 2. The van der Waals surface area contributed by atoms with Gasteiger partial charge in [0.05, 0.1) is 17.8 Å². The summed E-state index contributed by atoms with van der Waals surface area (Å²) in [5, 5.41) is 13.5. The van der Waals surface area contributed by atoms with Crippen molar-refractivity contribution in [1.82, 2.24) is 0 Å². The number of halogens is 3. The van der Waals surface area contributed by atoms with Gasteiger partial charge in [0.15, 0.2) is 11.5 Å². The molecule has 1 N–H and O–H groups in total. The number of amides is 1. The molecule has 0 saturated heterocycles. The van der Waals surface area contributed by atoms with Crippen molar-refractivity contribution in [2.24, 2.45) is 0 Å². The first-order valence-corrected chi connectivity index (χ1v) is 10.5. The zero-order valence-corrected chi connectivity index (χ0v) is 19.1. The van der Waals surface area contributed by atoms with Gasteiger partial charge >= 0.3 is 0 Å². The molecule has 3 rings (SSSR count). The van der Waals surface area contributed by atoms with E-state index in [0.29, 0.717) is 37.8 Å². The highest BCUT2D eigenvalue weighted by Crippen LogP contribution is 2.34. The van der Waals surface area contributed by atoms with Crippen LogP contribution >= 0.6 is 34.8 Å². The van der Waals surface area contributed by atoms with Gasteiger partial charge in [-0.25, -0.2) is 0 Å². The minimum atomic E-state index is -0.642. The molecule has 0 unspecified atom stereocenters. The molecule has 0 radical (unpaired) electrons. The number of benzene rings is 3. The fourth-order valence-electron chi connectivity index (χ4n) is 2.81. The molecule has 1 amide bonds. The van der Waals surface area contributed by atoms with E-state index in [4.69, 9.17) is 44.3 Å². The van der Waals surface area contributed by atoms with Crippen LogP contribution in [0.2, 0.25) is 15.1 Å². The van der Waals surface area contributed by atoms with Gasteiger partial charge in [0.1, 0.15) is 18.2 Å². The SMILES string of the molecule is COc1cccc(/C=C(\C#N)C(=O)Nc2cc(Cl)ccc2Cl)c1OCc1ccccc1Cl. The number of nitrogens with zero attached hydrogens (tertiary/aromatic N) is 1. The third kappa shape index (κ3) is 5.74. The Morgan fingerprint density at radius 3 is 2.56 bits per heavy atom. The lowest BCUT2D eigenvalue weighted by molar-refractivity contribution is -0.112. The molecule has 5 nitrogen and oxygen atoms in total. The summed E-state index contributed by atoms with van der Waals surface area (Å²) in [5.74, 6) is 0.175. The Kier molecular flexibility index (Phi) is 8.02. The van der Waals surface area contributed by atoms with E-state index in [-0.39, 0.29) is 12.2 Å². The van der Waals surface area contributed by atoms with Crippen LogP contribution in [0.3, 0.4) is 0 Å². The molecule has 32 heavy (non-hydrogen) atoms. The molecule has 162 valence electrons. The van der Waals surface area contributed by atoms with Gasteiger partial charge in [-0.05, 0) is 36.4 Å². The average molecular weight is 488 g/mol. The van der Waals surface area contributed by atoms with E-state index in [1.54, 1.807) is 36.4 Å². The zero-order valence-electron chi connectivity index (χ0n) is 16.9. The lowest BCUT2D eigenvalue weighted by Gasteiger charge is -2.14. The van der Waals surface area contributed by atoms with Gasteiger partial charge < -0.3 is 14.8 Å². The number of nitrogens with one attached hydrogen (secondary N) is 1. The van der Waals surface area contributed by atoms with Crippen LogP contribution in [0.25, 0.3) is 6.08 Å². The molecule has 0 atom stereocenters. The van der Waals surface area contributed by atoms with Crippen molar-refractivity contribution >= 4 is 52.5 Å². The minimum absolute atomic E-state index is 0.156. The second kappa shape index (κ2) is 10.9. The van der Waals surface area contributed by atoms with E-state index in [1.807, 2.05) is 24.3 Å². The topological polar surface area (TPSA) is 71.3 Å². The van der Waals surface area contributed by atoms with E-state index >= 15 is 0 Å². The molecule has 0 fully saturated rings. The maximum Gasteiger partial charge on any atom is 0.266 e. The molecule has 8 heteroatoms. The summed E-state index contributed by atoms with van der Waals surface area (Å²) in [7, 11) is 1.50. The average Bonchev–Trinajstić information content (AvgIpc) is 2.79. The molecule has 3 aromatic carbocycles. The maximum absolute atomic E-state index is 12.7. The van der Waals surface area contributed by atoms with Gasteiger partial charge in [0.25, 0.3) is 5.91 Å². The monoisotopic (exact) mass is 486 g/mol. The summed E-state index contributed by atoms with van der Waals surface area (Å²) in [5.41, 5.74) is 1.41. The molecule has 3 aromatic rings. The summed E-state index contributed by atoms with van der Waals surface area (Å²) in [4.78, 5) is 12.7. The van der Waals surface area contributed by atoms with Crippen molar-refractivity contribution in [2.75, 3.05) is 12.4 Å². The Morgan fingerprint density at radius 1 is 1.06 bits per heavy atom. The molecule has 0 aliphatic carbocycles. The molecular formula is C24H17Cl3N2O3. The standard InChI is InChI=1S/C24H17Cl3N2O3/c1-31-22-8-4-6-15(23(22)32-14-16-5-2-3-7-19(16)26)11-17(13-28)24(30)29-21-12-18(25)9-10-20(21)27/h2-12H,14H2,1H3,(H,29,30)/b17-11+. The van der Waals surface area contributed by atoms with Crippen LogP contribution in [0, 0.1) is 11.3 Å². The Hall–Kier alpha value is -3.17. The Balaban J connectivity index is 1.91. The van der Waals surface area contributed by atoms with Crippen LogP contribution in [-0.4, -0.2) is 13.0 Å². The maximum atomic E-state index is 12.7. The third-order valence-corrected chi connectivity index (χ3v) is 5.33. The highest BCUT2D eigenvalue weighted by Gasteiger charge is 2.16. The Bertz CT molecular complexity index is 1220. The number of methoxy groups -OCH3 is 1. The number of para-hydroxylation sites is 1. The third-order valence-electron chi connectivity index (χ3n) is 4.40. The quantitative estimate of drug-likeness (QED) is 0.294. The van der Waals surface area contributed by atoms with Crippen LogP contribution in [-0.2, 0) is 11.4 Å². The number of nitriles is 1. The van der Waals surface area contributed by atoms with E-state index < -0.39 is 5.91 Å². The van der Waals surface area contributed by atoms with Crippen molar-refractivity contribution < 1.29 is 14.3 Å². The Morgan fingerprint density at radius 2 is 1.84 bits per heavy atom. The number of hydrogen-bond donors (Lipinski definition) is 1. The van der Waals surface area contributed by atoms with Gasteiger partial charge in [-0.2, -0.15) is 5.26 Å². The largest absolute Gasteiger partial charge is 0.493 e. The van der Waals surface area contributed by atoms with Gasteiger partial charge in [0.2, 0.25) is 0 Å². The summed E-state index contributed by atoms with van der Waals surface area (Å²) >= 11 is 18.3. The van der Waals surface area contributed by atoms with E-state index in [9.17, 15) is 10.1 Å². The number of anilines is 1. The first-order valence-electron chi connectivity index (χ1n) is 9.34. The molecule has 0 aromatic heterocycles. The second-order valence-corrected chi connectivity index (χ2v) is 7.76. The van der Waals surface area contributed by atoms with Crippen LogP contribution in [0.1, 0.15) is 11.1 Å². The van der Waals surface area contributed by atoms with E-state index in [2.05, 4.69) is 5.32 Å². The highest BCUT2D eigenvalue weighted by molar-refractivity contribution is 6.36. The van der Waals surface area contributed by atoms with Gasteiger partial charge in [0, 0.05) is 21.2 Å². The van der Waals surface area contributed by atoms with Crippen molar-refractivity contribution in [1.29, 1.82) is 5.26 Å². The van der Waals surface area contributed by atoms with Crippen molar-refractivity contribution in [3.8, 4) is 17.6 Å². The first kappa shape index (κ1) is 23.5. The predicted molar refractivity (Wildman–Crippen MR) is 127 cm³/mol. The smallest absolute Gasteiger partial charge is 0.266 e. The van der Waals surface area contributed by atoms with Gasteiger partial charge in [-0.15, -0.1) is 0 Å². The lowest BCUT2D eigenvalue weighted by atomic mass is 10.1. The van der Waals surface area contributed by atoms with E-state index in [0.717, 1.165) is 5.56 Å². The van der Waals surface area contributed by atoms with Crippen LogP contribution in [0.5, 0.6) is 11.5 Å². The van der Waals surface area contributed by atoms with Crippen molar-refractivity contribution in [3.05, 3.63) is 92.4 Å². The molecule has 0 aliphatic rings. The summed E-state index contributed by atoms with van der Waals surface area (Å²) in [6.45, 7) is 0.174. The number of carbonyl (C=O) groups excluding carboxylic acids is 1. The molecule has 0 spiro atoms. The normalized spacial score (nSPS) is 10.9. The van der Waals surface area contributed by atoms with Crippen molar-refractivity contribution in [3.63, 3.8) is 0 Å². The fourth-order valence-corrected chi connectivity index (χ4v) is 3.34. The zero-order chi connectivity index (χ0) is 23.1. The lowest BCUT2D eigenvalue weighted by Crippen LogP contribution is -2.14. The molecule has 0 bridgehead atoms. The number of rotatable bonds is 7. The van der Waals surface area contributed by atoms with Gasteiger partial charge in [-0.1, -0.05) is 65.1 Å². The second-order valence-electron chi connectivity index (χ2n) is 6.51. The van der Waals surface area contributed by atoms with E-state index in [1.165, 1.54) is 19.3 Å².